The molecule has 1 heterocycles. The second-order valence-corrected chi connectivity index (χ2v) is 3.86. The van der Waals surface area contributed by atoms with Crippen LogP contribution in [0.4, 0.5) is 0 Å². The molecule has 1 aromatic heterocycles. The first kappa shape index (κ1) is 11.2. The molecule has 0 amide bonds. The van der Waals surface area contributed by atoms with Crippen molar-refractivity contribution >= 4 is 0 Å². The Kier molecular flexibility index (Phi) is 4.66. The number of nitrogens with zero attached hydrogens (tertiary/aromatic N) is 2. The summed E-state index contributed by atoms with van der Waals surface area (Å²) in [5.41, 5.74) is 0. The van der Waals surface area contributed by atoms with Crippen molar-refractivity contribution in [2.45, 2.75) is 39.7 Å². The number of hydrogen-bond donors (Lipinski definition) is 1. The molecule has 1 rings (SSSR count). The maximum Gasteiger partial charge on any atom is 0.108 e. The van der Waals surface area contributed by atoms with Gasteiger partial charge in [-0.15, -0.1) is 0 Å². The fourth-order valence-electron chi connectivity index (χ4n) is 1.48. The quantitative estimate of drug-likeness (QED) is 0.754. The maximum absolute atomic E-state index is 8.91. The number of aryl methyl sites for hydroxylation is 2. The summed E-state index contributed by atoms with van der Waals surface area (Å²) in [6.07, 6.45) is 7.00. The zero-order valence-corrected chi connectivity index (χ0v) is 9.11. The van der Waals surface area contributed by atoms with Gasteiger partial charge in [-0.3, -0.25) is 0 Å². The van der Waals surface area contributed by atoms with Gasteiger partial charge in [-0.05, 0) is 18.8 Å². The van der Waals surface area contributed by atoms with E-state index < -0.39 is 0 Å². The Morgan fingerprint density at radius 3 is 3.00 bits per heavy atom. The molecule has 0 aliphatic rings. The minimum Gasteiger partial charge on any atom is -0.396 e. The first-order valence-corrected chi connectivity index (χ1v) is 5.38. The highest BCUT2D eigenvalue weighted by Crippen LogP contribution is 2.08. The standard InChI is InChI=1S/C11H20N2O/c1-3-7-13-8-6-12-11(13)5-4-10(2)9-14/h6,8,10,14H,3-5,7,9H2,1-2H3. The molecule has 80 valence electrons. The van der Waals surface area contributed by atoms with E-state index >= 15 is 0 Å². The molecule has 0 radical (unpaired) electrons. The van der Waals surface area contributed by atoms with Crippen molar-refractivity contribution in [1.29, 1.82) is 0 Å². The highest BCUT2D eigenvalue weighted by molar-refractivity contribution is 4.92. The third-order valence-electron chi connectivity index (χ3n) is 2.44. The van der Waals surface area contributed by atoms with Crippen molar-refractivity contribution in [3.05, 3.63) is 18.2 Å². The van der Waals surface area contributed by atoms with Gasteiger partial charge < -0.3 is 9.67 Å². The summed E-state index contributed by atoms with van der Waals surface area (Å²) in [6.45, 7) is 5.55. The van der Waals surface area contributed by atoms with Crippen LogP contribution in [0.2, 0.25) is 0 Å². The Balaban J connectivity index is 2.45. The summed E-state index contributed by atoms with van der Waals surface area (Å²) in [7, 11) is 0. The summed E-state index contributed by atoms with van der Waals surface area (Å²) in [6, 6.07) is 0. The van der Waals surface area contributed by atoms with Gasteiger partial charge in [-0.1, -0.05) is 13.8 Å². The van der Waals surface area contributed by atoms with Gasteiger partial charge in [0, 0.05) is 32.0 Å². The minimum absolute atomic E-state index is 0.272. The molecule has 0 fully saturated rings. The monoisotopic (exact) mass is 196 g/mol. The van der Waals surface area contributed by atoms with Gasteiger partial charge in [0.25, 0.3) is 0 Å². The Morgan fingerprint density at radius 2 is 2.36 bits per heavy atom. The van der Waals surface area contributed by atoms with Gasteiger partial charge in [-0.25, -0.2) is 4.98 Å². The van der Waals surface area contributed by atoms with E-state index in [1.807, 2.05) is 12.4 Å². The van der Waals surface area contributed by atoms with Gasteiger partial charge in [0.05, 0.1) is 0 Å². The summed E-state index contributed by atoms with van der Waals surface area (Å²) in [4.78, 5) is 4.32. The normalized spacial score (nSPS) is 13.1. The smallest absolute Gasteiger partial charge is 0.108 e. The van der Waals surface area contributed by atoms with E-state index in [1.165, 1.54) is 0 Å². The largest absolute Gasteiger partial charge is 0.396 e. The van der Waals surface area contributed by atoms with E-state index in [2.05, 4.69) is 23.4 Å². The molecule has 0 bridgehead atoms. The molecular weight excluding hydrogens is 176 g/mol. The third kappa shape index (κ3) is 3.14. The van der Waals surface area contributed by atoms with Gasteiger partial charge in [0.1, 0.15) is 5.82 Å². The van der Waals surface area contributed by atoms with Crippen molar-refractivity contribution in [1.82, 2.24) is 9.55 Å². The number of imidazole rings is 1. The molecular formula is C11H20N2O. The van der Waals surface area contributed by atoms with Crippen LogP contribution in [-0.2, 0) is 13.0 Å². The Bertz CT molecular complexity index is 258. The molecule has 0 aliphatic carbocycles. The predicted octanol–water partition coefficient (Wildman–Crippen LogP) is 1.85. The molecule has 1 atom stereocenters. The Labute approximate surface area is 85.8 Å². The summed E-state index contributed by atoms with van der Waals surface area (Å²) >= 11 is 0. The van der Waals surface area contributed by atoms with Crippen molar-refractivity contribution in [3.8, 4) is 0 Å². The van der Waals surface area contributed by atoms with Crippen LogP contribution < -0.4 is 0 Å². The van der Waals surface area contributed by atoms with E-state index in [0.717, 1.165) is 31.6 Å². The minimum atomic E-state index is 0.272. The first-order valence-electron chi connectivity index (χ1n) is 5.38. The lowest BCUT2D eigenvalue weighted by atomic mass is 10.1. The zero-order chi connectivity index (χ0) is 10.4. The Morgan fingerprint density at radius 1 is 1.57 bits per heavy atom. The molecule has 3 heteroatoms. The zero-order valence-electron chi connectivity index (χ0n) is 9.11. The molecule has 0 saturated heterocycles. The highest BCUT2D eigenvalue weighted by atomic mass is 16.3. The number of aliphatic hydroxyl groups is 1. The fourth-order valence-corrected chi connectivity index (χ4v) is 1.48. The van der Waals surface area contributed by atoms with Gasteiger partial charge in [-0.2, -0.15) is 0 Å². The van der Waals surface area contributed by atoms with Crippen LogP contribution in [0.25, 0.3) is 0 Å². The second kappa shape index (κ2) is 5.81. The molecule has 1 aromatic rings. The molecule has 0 aliphatic heterocycles. The molecule has 1 unspecified atom stereocenters. The SMILES string of the molecule is CCCn1ccnc1CCC(C)CO. The van der Waals surface area contributed by atoms with Crippen LogP contribution in [0.15, 0.2) is 12.4 Å². The van der Waals surface area contributed by atoms with Crippen LogP contribution in [0.1, 0.15) is 32.5 Å². The van der Waals surface area contributed by atoms with E-state index in [0.29, 0.717) is 5.92 Å². The van der Waals surface area contributed by atoms with E-state index in [-0.39, 0.29) is 6.61 Å². The lowest BCUT2D eigenvalue weighted by molar-refractivity contribution is 0.229. The molecule has 14 heavy (non-hydrogen) atoms. The van der Waals surface area contributed by atoms with Gasteiger partial charge in [0.15, 0.2) is 0 Å². The maximum atomic E-state index is 8.91. The third-order valence-corrected chi connectivity index (χ3v) is 2.44. The molecule has 0 spiro atoms. The van der Waals surface area contributed by atoms with Gasteiger partial charge >= 0.3 is 0 Å². The topological polar surface area (TPSA) is 38.0 Å². The van der Waals surface area contributed by atoms with Crippen LogP contribution in [-0.4, -0.2) is 21.3 Å². The van der Waals surface area contributed by atoms with Crippen molar-refractivity contribution in [2.75, 3.05) is 6.61 Å². The lowest BCUT2D eigenvalue weighted by Gasteiger charge is -2.09. The van der Waals surface area contributed by atoms with Crippen LogP contribution in [0.5, 0.6) is 0 Å². The van der Waals surface area contributed by atoms with Crippen LogP contribution in [0.3, 0.4) is 0 Å². The van der Waals surface area contributed by atoms with Crippen molar-refractivity contribution in [2.24, 2.45) is 5.92 Å². The molecule has 0 saturated carbocycles. The molecule has 0 aromatic carbocycles. The number of aliphatic hydroxyl groups excluding tert-OH is 1. The van der Waals surface area contributed by atoms with E-state index in [1.54, 1.807) is 0 Å². The molecule has 3 nitrogen and oxygen atoms in total. The van der Waals surface area contributed by atoms with E-state index in [4.69, 9.17) is 5.11 Å². The summed E-state index contributed by atoms with van der Waals surface area (Å²) in [5.74, 6) is 1.52. The average molecular weight is 196 g/mol. The lowest BCUT2D eigenvalue weighted by Crippen LogP contribution is -2.07. The first-order chi connectivity index (χ1) is 6.77. The number of rotatable bonds is 6. The highest BCUT2D eigenvalue weighted by Gasteiger charge is 2.05. The second-order valence-electron chi connectivity index (χ2n) is 3.86. The Hall–Kier alpha value is -0.830. The van der Waals surface area contributed by atoms with Crippen LogP contribution >= 0.6 is 0 Å². The fraction of sp³-hybridized carbons (Fsp3) is 0.727. The van der Waals surface area contributed by atoms with Crippen molar-refractivity contribution in [3.63, 3.8) is 0 Å². The summed E-state index contributed by atoms with van der Waals surface area (Å²) < 4.78 is 2.20. The van der Waals surface area contributed by atoms with Crippen LogP contribution in [0, 0.1) is 5.92 Å². The predicted molar refractivity (Wildman–Crippen MR) is 57.1 cm³/mol. The average Bonchev–Trinajstić information content (AvgIpc) is 2.62. The van der Waals surface area contributed by atoms with Crippen molar-refractivity contribution < 1.29 is 5.11 Å². The van der Waals surface area contributed by atoms with E-state index in [9.17, 15) is 0 Å². The summed E-state index contributed by atoms with van der Waals surface area (Å²) in [5, 5.41) is 8.91. The molecule has 1 N–H and O–H groups in total. The number of hydrogen-bond acceptors (Lipinski definition) is 2. The van der Waals surface area contributed by atoms with Gasteiger partial charge in [0.2, 0.25) is 0 Å². The number of aromatic nitrogens is 2.